The second-order valence-electron chi connectivity index (χ2n) is 3.47. The standard InChI is InChI=1S/C10H13Cl2N3O2/c1-5(11)14-8(10(16)17-2)7(12)9(13)15-6-3-4-6/h6,15H,1,3-4,13H2,2H3/b9-7-,14-8+. The van der Waals surface area contributed by atoms with Crippen LogP contribution in [0.25, 0.3) is 0 Å². The third-order valence-electron chi connectivity index (χ3n) is 1.99. The summed E-state index contributed by atoms with van der Waals surface area (Å²) < 4.78 is 4.53. The monoisotopic (exact) mass is 277 g/mol. The van der Waals surface area contributed by atoms with Crippen molar-refractivity contribution in [1.82, 2.24) is 5.32 Å². The molecule has 0 aromatic rings. The molecule has 1 rings (SSSR count). The molecule has 0 saturated heterocycles. The maximum absolute atomic E-state index is 11.4. The quantitative estimate of drug-likeness (QED) is 0.453. The molecule has 0 heterocycles. The van der Waals surface area contributed by atoms with Crippen molar-refractivity contribution >= 4 is 34.9 Å². The molecule has 1 saturated carbocycles. The molecule has 0 aromatic heterocycles. The zero-order valence-electron chi connectivity index (χ0n) is 9.30. The van der Waals surface area contributed by atoms with E-state index in [9.17, 15) is 4.79 Å². The first-order valence-electron chi connectivity index (χ1n) is 4.89. The minimum Gasteiger partial charge on any atom is -0.464 e. The first-order chi connectivity index (χ1) is 7.95. The topological polar surface area (TPSA) is 76.7 Å². The van der Waals surface area contributed by atoms with Crippen LogP contribution >= 0.6 is 23.2 Å². The third kappa shape index (κ3) is 4.28. The second-order valence-corrected chi connectivity index (χ2v) is 4.29. The van der Waals surface area contributed by atoms with Crippen molar-refractivity contribution in [2.45, 2.75) is 18.9 Å². The Morgan fingerprint density at radius 1 is 1.53 bits per heavy atom. The Kier molecular flexibility index (Phi) is 4.84. The lowest BCUT2D eigenvalue weighted by Gasteiger charge is -2.09. The van der Waals surface area contributed by atoms with Crippen LogP contribution in [0.4, 0.5) is 0 Å². The molecule has 0 bridgehead atoms. The second kappa shape index (κ2) is 5.93. The number of rotatable bonds is 5. The molecule has 7 heteroatoms. The molecule has 1 aliphatic rings. The lowest BCUT2D eigenvalue weighted by atomic mass is 10.3. The first-order valence-corrected chi connectivity index (χ1v) is 5.65. The molecular weight excluding hydrogens is 265 g/mol. The molecule has 0 unspecified atom stereocenters. The SMILES string of the molecule is C=C(Cl)/N=C(C(=O)OC)\C(Cl)=C(/N)NC1CC1. The zero-order valence-corrected chi connectivity index (χ0v) is 10.8. The molecule has 17 heavy (non-hydrogen) atoms. The van der Waals surface area contributed by atoms with Gasteiger partial charge in [-0.3, -0.25) is 0 Å². The average Bonchev–Trinajstić information content (AvgIpc) is 3.07. The number of ether oxygens (including phenoxy) is 1. The van der Waals surface area contributed by atoms with Gasteiger partial charge in [0.2, 0.25) is 0 Å². The molecule has 0 spiro atoms. The van der Waals surface area contributed by atoms with Gasteiger partial charge in [0.25, 0.3) is 0 Å². The van der Waals surface area contributed by atoms with Crippen LogP contribution < -0.4 is 11.1 Å². The molecule has 0 radical (unpaired) electrons. The summed E-state index contributed by atoms with van der Waals surface area (Å²) in [5.41, 5.74) is 5.54. The van der Waals surface area contributed by atoms with Crippen molar-refractivity contribution in [2.24, 2.45) is 10.7 Å². The van der Waals surface area contributed by atoms with Gasteiger partial charge in [0, 0.05) is 6.04 Å². The summed E-state index contributed by atoms with van der Waals surface area (Å²) in [6.45, 7) is 3.35. The number of carbonyl (C=O) groups is 1. The Bertz CT molecular complexity index is 400. The minimum atomic E-state index is -0.725. The van der Waals surface area contributed by atoms with Gasteiger partial charge < -0.3 is 15.8 Å². The predicted molar refractivity (Wildman–Crippen MR) is 67.7 cm³/mol. The molecular formula is C10H13Cl2N3O2. The number of hydrogen-bond donors (Lipinski definition) is 2. The van der Waals surface area contributed by atoms with Crippen LogP contribution in [0, 0.1) is 0 Å². The van der Waals surface area contributed by atoms with Crippen LogP contribution in [0.1, 0.15) is 12.8 Å². The van der Waals surface area contributed by atoms with E-state index in [1.165, 1.54) is 7.11 Å². The summed E-state index contributed by atoms with van der Waals surface area (Å²) in [4.78, 5) is 15.1. The summed E-state index contributed by atoms with van der Waals surface area (Å²) in [6, 6.07) is 0.307. The molecule has 0 aliphatic heterocycles. The Morgan fingerprint density at radius 2 is 2.12 bits per heavy atom. The molecule has 0 amide bonds. The number of nitrogens with zero attached hydrogens (tertiary/aromatic N) is 1. The fraction of sp³-hybridized carbons (Fsp3) is 0.400. The summed E-state index contributed by atoms with van der Waals surface area (Å²) in [5.74, 6) is -0.548. The highest BCUT2D eigenvalue weighted by Crippen LogP contribution is 2.21. The number of carbonyl (C=O) groups excluding carboxylic acids is 1. The van der Waals surface area contributed by atoms with Gasteiger partial charge in [0.1, 0.15) is 16.0 Å². The Morgan fingerprint density at radius 3 is 2.53 bits per heavy atom. The lowest BCUT2D eigenvalue weighted by Crippen LogP contribution is -2.27. The number of hydrogen-bond acceptors (Lipinski definition) is 5. The smallest absolute Gasteiger partial charge is 0.358 e. The van der Waals surface area contributed by atoms with Crippen molar-refractivity contribution in [3.63, 3.8) is 0 Å². The van der Waals surface area contributed by atoms with Gasteiger partial charge in [0.05, 0.1) is 7.11 Å². The average molecular weight is 278 g/mol. The third-order valence-corrected chi connectivity index (χ3v) is 2.46. The van der Waals surface area contributed by atoms with Crippen molar-refractivity contribution < 1.29 is 9.53 Å². The molecule has 1 fully saturated rings. The van der Waals surface area contributed by atoms with E-state index in [4.69, 9.17) is 28.9 Å². The highest BCUT2D eigenvalue weighted by molar-refractivity contribution is 6.58. The van der Waals surface area contributed by atoms with Crippen molar-refractivity contribution in [1.29, 1.82) is 0 Å². The number of nitrogens with two attached hydrogens (primary N) is 1. The van der Waals surface area contributed by atoms with Crippen LogP contribution in [-0.4, -0.2) is 24.8 Å². The van der Waals surface area contributed by atoms with E-state index in [0.717, 1.165) is 12.8 Å². The number of esters is 1. The highest BCUT2D eigenvalue weighted by Gasteiger charge is 2.25. The van der Waals surface area contributed by atoms with Gasteiger partial charge in [-0.25, -0.2) is 9.79 Å². The minimum absolute atomic E-state index is 0.0226. The van der Waals surface area contributed by atoms with Gasteiger partial charge in [-0.15, -0.1) is 0 Å². The van der Waals surface area contributed by atoms with Gasteiger partial charge in [-0.05, 0) is 12.8 Å². The maximum Gasteiger partial charge on any atom is 0.358 e. The summed E-state index contributed by atoms with van der Waals surface area (Å²) >= 11 is 11.5. The van der Waals surface area contributed by atoms with Crippen LogP contribution in [-0.2, 0) is 9.53 Å². The van der Waals surface area contributed by atoms with E-state index in [1.54, 1.807) is 0 Å². The number of halogens is 2. The molecule has 1 aliphatic carbocycles. The Labute approximate surface area is 109 Å². The summed E-state index contributed by atoms with van der Waals surface area (Å²) in [7, 11) is 1.21. The van der Waals surface area contributed by atoms with Gasteiger partial charge >= 0.3 is 5.97 Å². The summed E-state index contributed by atoms with van der Waals surface area (Å²) in [5, 5.41) is 2.85. The Hall–Kier alpha value is -1.20. The van der Waals surface area contributed by atoms with E-state index < -0.39 is 5.97 Å². The molecule has 94 valence electrons. The zero-order chi connectivity index (χ0) is 13.0. The number of methoxy groups -OCH3 is 1. The van der Waals surface area contributed by atoms with Crippen LogP contribution in [0.3, 0.4) is 0 Å². The van der Waals surface area contributed by atoms with Gasteiger partial charge in [0.15, 0.2) is 5.71 Å². The van der Waals surface area contributed by atoms with Gasteiger partial charge in [-0.1, -0.05) is 29.8 Å². The first kappa shape index (κ1) is 13.9. The van der Waals surface area contributed by atoms with E-state index in [1.807, 2.05) is 0 Å². The van der Waals surface area contributed by atoms with E-state index in [0.29, 0.717) is 6.04 Å². The van der Waals surface area contributed by atoms with Crippen molar-refractivity contribution in [2.75, 3.05) is 7.11 Å². The van der Waals surface area contributed by atoms with Crippen LogP contribution in [0.15, 0.2) is 27.6 Å². The van der Waals surface area contributed by atoms with Crippen LogP contribution in [0.5, 0.6) is 0 Å². The highest BCUT2D eigenvalue weighted by atomic mass is 35.5. The molecule has 0 aromatic carbocycles. The molecule has 5 nitrogen and oxygen atoms in total. The van der Waals surface area contributed by atoms with Gasteiger partial charge in [-0.2, -0.15) is 0 Å². The fourth-order valence-corrected chi connectivity index (χ4v) is 1.30. The normalized spacial score (nSPS) is 17.2. The predicted octanol–water partition coefficient (Wildman–Crippen LogP) is 1.43. The van der Waals surface area contributed by atoms with E-state index in [2.05, 4.69) is 21.6 Å². The number of nitrogens with one attached hydrogen (secondary N) is 1. The largest absolute Gasteiger partial charge is 0.464 e. The van der Waals surface area contributed by atoms with Crippen molar-refractivity contribution in [3.8, 4) is 0 Å². The lowest BCUT2D eigenvalue weighted by molar-refractivity contribution is -0.132. The number of aliphatic imine (C=N–C) groups is 1. The maximum atomic E-state index is 11.4. The van der Waals surface area contributed by atoms with Crippen molar-refractivity contribution in [3.05, 3.63) is 22.6 Å². The van der Waals surface area contributed by atoms with E-state index in [-0.39, 0.29) is 21.7 Å². The van der Waals surface area contributed by atoms with Crippen LogP contribution in [0.2, 0.25) is 0 Å². The Balaban J connectivity index is 2.95. The molecule has 3 N–H and O–H groups in total. The fourth-order valence-electron chi connectivity index (χ4n) is 1.04. The molecule has 0 atom stereocenters. The van der Waals surface area contributed by atoms with E-state index >= 15 is 0 Å². The summed E-state index contributed by atoms with van der Waals surface area (Å²) in [6.07, 6.45) is 2.05.